The van der Waals surface area contributed by atoms with Crippen LogP contribution in [0.5, 0.6) is 0 Å². The summed E-state index contributed by atoms with van der Waals surface area (Å²) in [5, 5.41) is 23.0. The minimum absolute atomic E-state index is 0.140. The summed E-state index contributed by atoms with van der Waals surface area (Å²) in [6.07, 6.45) is -0.513. The number of azide groups is 1. The molecule has 2 N–H and O–H groups in total. The summed E-state index contributed by atoms with van der Waals surface area (Å²) in [6, 6.07) is 5.00. The summed E-state index contributed by atoms with van der Waals surface area (Å²) in [5.74, 6) is 0. The van der Waals surface area contributed by atoms with Gasteiger partial charge in [-0.3, -0.25) is 0 Å². The molecule has 2 rings (SSSR count). The van der Waals surface area contributed by atoms with Gasteiger partial charge in [-0.15, -0.1) is 0 Å². The number of aliphatic hydroxyl groups is 2. The van der Waals surface area contributed by atoms with Crippen molar-refractivity contribution in [3.8, 4) is 0 Å². The summed E-state index contributed by atoms with van der Waals surface area (Å²) in [6.45, 7) is 0.140. The van der Waals surface area contributed by atoms with E-state index in [1.165, 1.54) is 6.39 Å². The van der Waals surface area contributed by atoms with E-state index in [0.717, 1.165) is 0 Å². The first kappa shape index (κ1) is 12.4. The first-order valence-corrected chi connectivity index (χ1v) is 5.42. The Morgan fingerprint density at radius 2 is 2.28 bits per heavy atom. The zero-order valence-corrected chi connectivity index (χ0v) is 9.47. The van der Waals surface area contributed by atoms with Crippen LogP contribution in [0.25, 0.3) is 21.5 Å². The van der Waals surface area contributed by atoms with E-state index in [4.69, 9.17) is 9.95 Å². The Hall–Kier alpha value is -2.08. The zero-order chi connectivity index (χ0) is 13.0. The Morgan fingerprint density at radius 1 is 1.44 bits per heavy atom. The lowest BCUT2D eigenvalue weighted by atomic mass is 10.0. The van der Waals surface area contributed by atoms with Gasteiger partial charge < -0.3 is 14.6 Å². The Bertz CT molecular complexity index is 576. The second-order valence-corrected chi connectivity index (χ2v) is 3.83. The molecule has 0 aliphatic heterocycles. The van der Waals surface area contributed by atoms with E-state index in [1.807, 2.05) is 0 Å². The third-order valence-electron chi connectivity index (χ3n) is 2.65. The van der Waals surface area contributed by atoms with Crippen LogP contribution in [0.2, 0.25) is 0 Å². The monoisotopic (exact) mass is 248 g/mol. The lowest BCUT2D eigenvalue weighted by Gasteiger charge is -2.17. The quantitative estimate of drug-likeness (QED) is 0.477. The molecule has 2 aromatic rings. The molecule has 1 aromatic heterocycles. The minimum Gasteiger partial charge on any atom is -0.443 e. The molecule has 0 spiro atoms. The third kappa shape index (κ3) is 2.60. The summed E-state index contributed by atoms with van der Waals surface area (Å²) in [7, 11) is 0. The predicted octanol–water partition coefficient (Wildman–Crippen LogP) is 1.92. The number of benzene rings is 1. The molecule has 7 heteroatoms. The number of rotatable bonds is 5. The average molecular weight is 248 g/mol. The molecule has 0 fully saturated rings. The van der Waals surface area contributed by atoms with Crippen LogP contribution in [0.15, 0.2) is 34.1 Å². The third-order valence-corrected chi connectivity index (χ3v) is 2.65. The standard InChI is InChI=1S/C11H12N4O3/c12-15-14-4-3-9(16)11(17)7-1-2-10-8(5-7)13-6-18-10/h1-2,5-6,9,11,16-17H,3-4H2. The smallest absolute Gasteiger partial charge is 0.181 e. The van der Waals surface area contributed by atoms with Crippen molar-refractivity contribution in [1.29, 1.82) is 0 Å². The largest absolute Gasteiger partial charge is 0.443 e. The van der Waals surface area contributed by atoms with Crippen LogP contribution in [-0.4, -0.2) is 27.8 Å². The normalized spacial score (nSPS) is 14.1. The highest BCUT2D eigenvalue weighted by Gasteiger charge is 2.18. The highest BCUT2D eigenvalue weighted by atomic mass is 16.3. The number of hydrogen-bond donors (Lipinski definition) is 2. The van der Waals surface area contributed by atoms with Gasteiger partial charge in [0.15, 0.2) is 12.0 Å². The van der Waals surface area contributed by atoms with Crippen LogP contribution < -0.4 is 0 Å². The van der Waals surface area contributed by atoms with Crippen LogP contribution in [0.3, 0.4) is 0 Å². The molecule has 2 atom stereocenters. The number of aromatic nitrogens is 1. The topological polar surface area (TPSA) is 115 Å². The van der Waals surface area contributed by atoms with Gasteiger partial charge in [0.05, 0.1) is 6.10 Å². The first-order valence-electron chi connectivity index (χ1n) is 5.42. The molecule has 1 aromatic carbocycles. The SMILES string of the molecule is [N-]=[N+]=NCCC(O)C(O)c1ccc2ocnc2c1. The van der Waals surface area contributed by atoms with E-state index in [9.17, 15) is 10.2 Å². The van der Waals surface area contributed by atoms with Crippen LogP contribution in [0.4, 0.5) is 0 Å². The van der Waals surface area contributed by atoms with Crippen molar-refractivity contribution >= 4 is 11.1 Å². The molecule has 94 valence electrons. The van der Waals surface area contributed by atoms with Gasteiger partial charge in [-0.1, -0.05) is 11.2 Å². The van der Waals surface area contributed by atoms with Crippen molar-refractivity contribution in [2.75, 3.05) is 6.54 Å². The molecule has 0 saturated carbocycles. The van der Waals surface area contributed by atoms with Crippen LogP contribution in [-0.2, 0) is 0 Å². The Kier molecular flexibility index (Phi) is 3.78. The molecular formula is C11H12N4O3. The van der Waals surface area contributed by atoms with Crippen molar-refractivity contribution in [3.05, 3.63) is 40.6 Å². The molecule has 18 heavy (non-hydrogen) atoms. The van der Waals surface area contributed by atoms with Gasteiger partial charge in [0.25, 0.3) is 0 Å². The molecule has 1 heterocycles. The van der Waals surface area contributed by atoms with E-state index in [0.29, 0.717) is 16.7 Å². The van der Waals surface area contributed by atoms with E-state index in [2.05, 4.69) is 15.0 Å². The van der Waals surface area contributed by atoms with Gasteiger partial charge in [0, 0.05) is 11.5 Å². The number of aliphatic hydroxyl groups excluding tert-OH is 2. The van der Waals surface area contributed by atoms with E-state index in [1.54, 1.807) is 18.2 Å². The summed E-state index contributed by atoms with van der Waals surface area (Å²) in [5.41, 5.74) is 9.91. The fourth-order valence-electron chi connectivity index (χ4n) is 1.67. The molecular weight excluding hydrogens is 236 g/mol. The minimum atomic E-state index is -1.04. The Morgan fingerprint density at radius 3 is 3.06 bits per heavy atom. The van der Waals surface area contributed by atoms with Crippen molar-refractivity contribution in [1.82, 2.24) is 4.98 Å². The molecule has 2 unspecified atom stereocenters. The molecule has 0 amide bonds. The average Bonchev–Trinajstić information content (AvgIpc) is 2.85. The maximum Gasteiger partial charge on any atom is 0.181 e. The van der Waals surface area contributed by atoms with Gasteiger partial charge in [-0.05, 0) is 29.6 Å². The summed E-state index contributed by atoms with van der Waals surface area (Å²) >= 11 is 0. The van der Waals surface area contributed by atoms with Crippen molar-refractivity contribution in [3.63, 3.8) is 0 Å². The van der Waals surface area contributed by atoms with Crippen molar-refractivity contribution in [2.45, 2.75) is 18.6 Å². The highest BCUT2D eigenvalue weighted by molar-refractivity contribution is 5.72. The lowest BCUT2D eigenvalue weighted by molar-refractivity contribution is 0.0151. The second-order valence-electron chi connectivity index (χ2n) is 3.83. The number of nitrogens with zero attached hydrogens (tertiary/aromatic N) is 4. The van der Waals surface area contributed by atoms with Crippen LogP contribution >= 0.6 is 0 Å². The van der Waals surface area contributed by atoms with Crippen LogP contribution in [0, 0.1) is 0 Å². The maximum atomic E-state index is 9.94. The highest BCUT2D eigenvalue weighted by Crippen LogP contribution is 2.23. The fraction of sp³-hybridized carbons (Fsp3) is 0.364. The lowest BCUT2D eigenvalue weighted by Crippen LogP contribution is -2.19. The molecule has 0 saturated heterocycles. The molecule has 0 radical (unpaired) electrons. The first-order chi connectivity index (χ1) is 8.72. The van der Waals surface area contributed by atoms with Gasteiger partial charge >= 0.3 is 0 Å². The van der Waals surface area contributed by atoms with Crippen LogP contribution in [0.1, 0.15) is 18.1 Å². The maximum absolute atomic E-state index is 9.94. The van der Waals surface area contributed by atoms with E-state index in [-0.39, 0.29) is 13.0 Å². The summed E-state index contributed by atoms with van der Waals surface area (Å²) in [4.78, 5) is 6.55. The van der Waals surface area contributed by atoms with Gasteiger partial charge in [-0.2, -0.15) is 0 Å². The molecule has 7 nitrogen and oxygen atoms in total. The zero-order valence-electron chi connectivity index (χ0n) is 9.47. The predicted molar refractivity (Wildman–Crippen MR) is 63.6 cm³/mol. The summed E-state index contributed by atoms with van der Waals surface area (Å²) < 4.78 is 5.08. The molecule has 0 bridgehead atoms. The van der Waals surface area contributed by atoms with E-state index >= 15 is 0 Å². The molecule has 0 aliphatic rings. The number of hydrogen-bond acceptors (Lipinski definition) is 5. The van der Waals surface area contributed by atoms with Gasteiger partial charge in [-0.25, -0.2) is 4.98 Å². The number of oxazole rings is 1. The number of fused-ring (bicyclic) bond motifs is 1. The van der Waals surface area contributed by atoms with Gasteiger partial charge in [0.1, 0.15) is 11.6 Å². The van der Waals surface area contributed by atoms with E-state index < -0.39 is 12.2 Å². The fourth-order valence-corrected chi connectivity index (χ4v) is 1.67. The Labute approximate surface area is 102 Å². The second kappa shape index (κ2) is 5.50. The van der Waals surface area contributed by atoms with Crippen molar-refractivity contribution in [2.24, 2.45) is 5.11 Å². The molecule has 0 aliphatic carbocycles. The van der Waals surface area contributed by atoms with Crippen molar-refractivity contribution < 1.29 is 14.6 Å². The Balaban J connectivity index is 2.11. The van der Waals surface area contributed by atoms with Gasteiger partial charge in [0.2, 0.25) is 0 Å².